The average molecular weight is 303 g/mol. The Morgan fingerprint density at radius 3 is 3.15 bits per heavy atom. The van der Waals surface area contributed by atoms with Crippen LogP contribution in [0.15, 0.2) is 26.7 Å². The lowest BCUT2D eigenvalue weighted by Crippen LogP contribution is -2.11. The fraction of sp³-hybridized carbons (Fsp3) is 0.333. The Morgan fingerprint density at radius 2 is 2.35 bits per heavy atom. The Morgan fingerprint density at radius 1 is 1.45 bits per heavy atom. The van der Waals surface area contributed by atoms with Crippen LogP contribution in [0.3, 0.4) is 0 Å². The molecule has 0 saturated heterocycles. The first-order valence-electron chi connectivity index (χ1n) is 6.71. The quantitative estimate of drug-likeness (QED) is 0.679. The topological polar surface area (TPSA) is 43.1 Å². The first kappa shape index (κ1) is 12.3. The second-order valence-corrected chi connectivity index (χ2v) is 7.35. The fourth-order valence-corrected chi connectivity index (χ4v) is 4.80. The molecule has 0 spiro atoms. The van der Waals surface area contributed by atoms with Gasteiger partial charge in [0.2, 0.25) is 5.89 Å². The van der Waals surface area contributed by atoms with E-state index in [0.717, 1.165) is 34.4 Å². The van der Waals surface area contributed by atoms with E-state index < -0.39 is 0 Å². The Labute approximate surface area is 123 Å². The molecule has 20 heavy (non-hydrogen) atoms. The molecule has 0 bridgehead atoms. The molecule has 3 aromatic rings. The minimum Gasteiger partial charge on any atom is -0.402 e. The van der Waals surface area contributed by atoms with Gasteiger partial charge in [-0.3, -0.25) is 0 Å². The first-order valence-corrected chi connectivity index (χ1v) is 8.41. The molecular weight excluding hydrogens is 290 g/mol. The van der Waals surface area contributed by atoms with Crippen molar-refractivity contribution in [2.75, 3.05) is 0 Å². The lowest BCUT2D eigenvalue weighted by Gasteiger charge is -2.17. The smallest absolute Gasteiger partial charge is 0.348 e. The number of rotatable bonds is 1. The number of aromatic nitrogens is 1. The van der Waals surface area contributed by atoms with Gasteiger partial charge in [-0.15, -0.1) is 22.7 Å². The standard InChI is InChI=1S/C15H13NO2S2/c1-8-4-5-9-11(7-8)20-14-12(9)15(17)18-13(16-14)10-3-2-6-19-10/h2-3,6,8H,4-5,7H2,1H3. The largest absolute Gasteiger partial charge is 0.402 e. The highest BCUT2D eigenvalue weighted by molar-refractivity contribution is 7.18. The lowest BCUT2D eigenvalue weighted by atomic mass is 9.89. The van der Waals surface area contributed by atoms with Crippen LogP contribution in [0.5, 0.6) is 0 Å². The molecular formula is C15H13NO2S2. The predicted octanol–water partition coefficient (Wildman–Crippen LogP) is 4.10. The molecule has 3 heterocycles. The maximum absolute atomic E-state index is 12.3. The molecule has 1 aliphatic carbocycles. The van der Waals surface area contributed by atoms with Crippen LogP contribution >= 0.6 is 22.7 Å². The summed E-state index contributed by atoms with van der Waals surface area (Å²) in [5.41, 5.74) is 0.951. The number of thiophene rings is 2. The van der Waals surface area contributed by atoms with Crippen molar-refractivity contribution in [3.8, 4) is 10.8 Å². The van der Waals surface area contributed by atoms with Crippen LogP contribution in [-0.2, 0) is 12.8 Å². The maximum atomic E-state index is 12.3. The van der Waals surface area contributed by atoms with Crippen LogP contribution < -0.4 is 5.63 Å². The normalized spacial score (nSPS) is 18.4. The van der Waals surface area contributed by atoms with Crippen molar-refractivity contribution in [3.05, 3.63) is 38.4 Å². The molecule has 0 radical (unpaired) electrons. The van der Waals surface area contributed by atoms with Gasteiger partial charge < -0.3 is 4.42 Å². The second kappa shape index (κ2) is 4.53. The lowest BCUT2D eigenvalue weighted by molar-refractivity contribution is 0.503. The summed E-state index contributed by atoms with van der Waals surface area (Å²) in [6.07, 6.45) is 3.18. The minimum atomic E-state index is -0.231. The number of hydrogen-bond donors (Lipinski definition) is 0. The maximum Gasteiger partial charge on any atom is 0.348 e. The van der Waals surface area contributed by atoms with E-state index in [4.69, 9.17) is 4.42 Å². The summed E-state index contributed by atoms with van der Waals surface area (Å²) < 4.78 is 5.44. The van der Waals surface area contributed by atoms with E-state index in [1.807, 2.05) is 17.5 Å². The SMILES string of the molecule is CC1CCc2c(sc3nc(-c4cccs4)oc(=O)c23)C1. The average Bonchev–Trinajstić information content (AvgIpc) is 3.04. The Bertz CT molecular complexity index is 830. The summed E-state index contributed by atoms with van der Waals surface area (Å²) in [5, 5.41) is 2.68. The van der Waals surface area contributed by atoms with Gasteiger partial charge in [-0.1, -0.05) is 13.0 Å². The monoisotopic (exact) mass is 303 g/mol. The molecule has 0 saturated carbocycles. The highest BCUT2D eigenvalue weighted by Crippen LogP contribution is 2.36. The minimum absolute atomic E-state index is 0.231. The third-order valence-corrected chi connectivity index (χ3v) is 5.83. The number of nitrogens with zero attached hydrogens (tertiary/aromatic N) is 1. The van der Waals surface area contributed by atoms with Gasteiger partial charge in [0.25, 0.3) is 0 Å². The van der Waals surface area contributed by atoms with E-state index in [1.165, 1.54) is 21.8 Å². The summed E-state index contributed by atoms with van der Waals surface area (Å²) in [7, 11) is 0. The van der Waals surface area contributed by atoms with Crippen LogP contribution in [0.4, 0.5) is 0 Å². The van der Waals surface area contributed by atoms with Gasteiger partial charge in [0.1, 0.15) is 10.2 Å². The van der Waals surface area contributed by atoms with E-state index in [9.17, 15) is 4.79 Å². The van der Waals surface area contributed by atoms with Crippen molar-refractivity contribution in [1.82, 2.24) is 4.98 Å². The molecule has 3 aromatic heterocycles. The zero-order valence-electron chi connectivity index (χ0n) is 11.0. The van der Waals surface area contributed by atoms with Gasteiger partial charge in [-0.2, -0.15) is 0 Å². The molecule has 0 aromatic carbocycles. The van der Waals surface area contributed by atoms with Crippen molar-refractivity contribution < 1.29 is 4.42 Å². The molecule has 1 atom stereocenters. The van der Waals surface area contributed by atoms with Crippen molar-refractivity contribution in [2.24, 2.45) is 5.92 Å². The van der Waals surface area contributed by atoms with Gasteiger partial charge in [-0.25, -0.2) is 9.78 Å². The Balaban J connectivity index is 1.96. The van der Waals surface area contributed by atoms with Gasteiger partial charge in [0.15, 0.2) is 0 Å². The van der Waals surface area contributed by atoms with Crippen molar-refractivity contribution in [3.63, 3.8) is 0 Å². The van der Waals surface area contributed by atoms with Crippen LogP contribution in [0.1, 0.15) is 23.8 Å². The summed E-state index contributed by atoms with van der Waals surface area (Å²) >= 11 is 3.20. The van der Waals surface area contributed by atoms with Crippen molar-refractivity contribution in [1.29, 1.82) is 0 Å². The number of aryl methyl sites for hydroxylation is 1. The third kappa shape index (κ3) is 1.84. The molecule has 5 heteroatoms. The molecule has 1 aliphatic rings. The van der Waals surface area contributed by atoms with Crippen LogP contribution in [0.25, 0.3) is 21.0 Å². The predicted molar refractivity (Wildman–Crippen MR) is 82.7 cm³/mol. The Kier molecular flexibility index (Phi) is 2.79. The van der Waals surface area contributed by atoms with E-state index in [1.54, 1.807) is 11.3 Å². The zero-order chi connectivity index (χ0) is 13.7. The summed E-state index contributed by atoms with van der Waals surface area (Å²) in [4.78, 5) is 19.9. The summed E-state index contributed by atoms with van der Waals surface area (Å²) in [6, 6.07) is 3.87. The summed E-state index contributed by atoms with van der Waals surface area (Å²) in [5.74, 6) is 1.14. The molecule has 0 aliphatic heterocycles. The number of hydrogen-bond acceptors (Lipinski definition) is 5. The van der Waals surface area contributed by atoms with Crippen molar-refractivity contribution >= 4 is 32.9 Å². The third-order valence-electron chi connectivity index (χ3n) is 3.82. The van der Waals surface area contributed by atoms with Crippen molar-refractivity contribution in [2.45, 2.75) is 26.2 Å². The second-order valence-electron chi connectivity index (χ2n) is 5.32. The molecule has 4 rings (SSSR count). The van der Waals surface area contributed by atoms with E-state index in [-0.39, 0.29) is 5.63 Å². The van der Waals surface area contributed by atoms with Gasteiger partial charge in [-0.05, 0) is 42.2 Å². The van der Waals surface area contributed by atoms with E-state index >= 15 is 0 Å². The number of fused-ring (bicyclic) bond motifs is 3. The molecule has 102 valence electrons. The van der Waals surface area contributed by atoms with Crippen LogP contribution in [0, 0.1) is 5.92 Å². The molecule has 0 amide bonds. The van der Waals surface area contributed by atoms with Crippen LogP contribution in [0.2, 0.25) is 0 Å². The van der Waals surface area contributed by atoms with Crippen LogP contribution in [-0.4, -0.2) is 4.98 Å². The molecule has 1 unspecified atom stereocenters. The van der Waals surface area contributed by atoms with Gasteiger partial charge >= 0.3 is 5.63 Å². The van der Waals surface area contributed by atoms with Gasteiger partial charge in [0.05, 0.1) is 4.88 Å². The van der Waals surface area contributed by atoms with E-state index in [2.05, 4.69) is 11.9 Å². The zero-order valence-corrected chi connectivity index (χ0v) is 12.6. The molecule has 3 nitrogen and oxygen atoms in total. The van der Waals surface area contributed by atoms with E-state index in [0.29, 0.717) is 11.8 Å². The highest BCUT2D eigenvalue weighted by atomic mass is 32.1. The first-order chi connectivity index (χ1) is 9.72. The molecule has 0 fully saturated rings. The highest BCUT2D eigenvalue weighted by Gasteiger charge is 2.24. The molecule has 0 N–H and O–H groups in total. The summed E-state index contributed by atoms with van der Waals surface area (Å²) in [6.45, 7) is 2.26. The van der Waals surface area contributed by atoms with Gasteiger partial charge in [0, 0.05) is 4.88 Å². The fourth-order valence-electron chi connectivity index (χ4n) is 2.79. The Hall–Kier alpha value is -1.46.